The van der Waals surface area contributed by atoms with E-state index in [1.807, 2.05) is 0 Å². The van der Waals surface area contributed by atoms with Crippen LogP contribution in [0.5, 0.6) is 11.5 Å². The Balaban J connectivity index is 1.29. The van der Waals surface area contributed by atoms with Crippen molar-refractivity contribution in [1.82, 2.24) is 0 Å². The number of nitrogens with zero attached hydrogens (tertiary/aromatic N) is 2. The maximum absolute atomic E-state index is 13.3. The minimum atomic E-state index is -1.29. The van der Waals surface area contributed by atoms with Crippen LogP contribution in [-0.4, -0.2) is 45.8 Å². The molecular formula is C34H16N2O9. The third-order valence-electron chi connectivity index (χ3n) is 7.13. The van der Waals surface area contributed by atoms with Crippen molar-refractivity contribution in [2.75, 3.05) is 9.80 Å². The molecule has 0 spiro atoms. The number of imide groups is 2. The average molecular weight is 597 g/mol. The summed E-state index contributed by atoms with van der Waals surface area (Å²) in [6.07, 6.45) is 10.9. The Labute approximate surface area is 253 Å². The summed E-state index contributed by atoms with van der Waals surface area (Å²) in [7, 11) is 0. The summed E-state index contributed by atoms with van der Waals surface area (Å²) < 4.78 is 5.88. The van der Waals surface area contributed by atoms with E-state index < -0.39 is 35.6 Å². The number of carbonyl (C=O) groups is 6. The molecule has 0 fully saturated rings. The number of terminal acetylenes is 2. The molecule has 2 aliphatic rings. The number of fused-ring (bicyclic) bond motifs is 2. The van der Waals surface area contributed by atoms with Gasteiger partial charge in [0.2, 0.25) is 0 Å². The van der Waals surface area contributed by atoms with E-state index in [0.717, 1.165) is 9.80 Å². The molecule has 4 amide bonds. The topological polar surface area (TPSA) is 159 Å². The fraction of sp³-hybridized carbons (Fsp3) is 0. The maximum Gasteiger partial charge on any atom is 0.335 e. The summed E-state index contributed by atoms with van der Waals surface area (Å²) in [4.78, 5) is 77.7. The number of carbonyl (C=O) groups excluding carboxylic acids is 4. The van der Waals surface area contributed by atoms with E-state index in [0.29, 0.717) is 0 Å². The van der Waals surface area contributed by atoms with E-state index in [4.69, 9.17) is 17.6 Å². The van der Waals surface area contributed by atoms with Gasteiger partial charge in [-0.25, -0.2) is 19.4 Å². The van der Waals surface area contributed by atoms with Crippen molar-refractivity contribution in [1.29, 1.82) is 0 Å². The Hall–Kier alpha value is -6.98. The molecule has 216 valence electrons. The molecule has 45 heavy (non-hydrogen) atoms. The molecule has 0 unspecified atom stereocenters. The molecule has 11 nitrogen and oxygen atoms in total. The third-order valence-corrected chi connectivity index (χ3v) is 7.13. The lowest BCUT2D eigenvalue weighted by Crippen LogP contribution is -2.29. The van der Waals surface area contributed by atoms with Gasteiger partial charge in [0.1, 0.15) is 11.5 Å². The molecule has 4 aromatic carbocycles. The van der Waals surface area contributed by atoms with E-state index >= 15 is 0 Å². The summed E-state index contributed by atoms with van der Waals surface area (Å²) in [5, 5.41) is 18.8. The molecule has 0 radical (unpaired) electrons. The van der Waals surface area contributed by atoms with Crippen LogP contribution < -0.4 is 14.5 Å². The molecule has 0 saturated carbocycles. The van der Waals surface area contributed by atoms with Crippen LogP contribution in [0, 0.1) is 24.7 Å². The fourth-order valence-corrected chi connectivity index (χ4v) is 5.07. The van der Waals surface area contributed by atoms with E-state index in [1.165, 1.54) is 72.8 Å². The van der Waals surface area contributed by atoms with Crippen LogP contribution in [0.4, 0.5) is 11.4 Å². The minimum Gasteiger partial charge on any atom is -0.478 e. The van der Waals surface area contributed by atoms with Gasteiger partial charge in [0.25, 0.3) is 23.6 Å². The number of hydrogen-bond donors (Lipinski definition) is 2. The molecular weight excluding hydrogens is 580 g/mol. The second-order valence-corrected chi connectivity index (χ2v) is 9.84. The summed E-state index contributed by atoms with van der Waals surface area (Å²) in [5.74, 6) is -0.538. The summed E-state index contributed by atoms with van der Waals surface area (Å²) in [6, 6.07) is 15.8. The fourth-order valence-electron chi connectivity index (χ4n) is 5.07. The number of anilines is 2. The number of carboxylic acid groups (broad SMARTS) is 2. The van der Waals surface area contributed by atoms with Crippen LogP contribution in [0.15, 0.2) is 72.8 Å². The van der Waals surface area contributed by atoms with Crippen molar-refractivity contribution in [3.63, 3.8) is 0 Å². The van der Waals surface area contributed by atoms with E-state index in [1.54, 1.807) is 0 Å². The first-order valence-electron chi connectivity index (χ1n) is 12.9. The van der Waals surface area contributed by atoms with Crippen molar-refractivity contribution in [3.05, 3.63) is 117 Å². The number of aromatic carboxylic acids is 2. The molecule has 0 saturated heterocycles. The molecule has 2 aliphatic heterocycles. The Morgan fingerprint density at radius 1 is 0.556 bits per heavy atom. The average Bonchev–Trinajstić information content (AvgIpc) is 3.43. The first kappa shape index (κ1) is 28.2. The van der Waals surface area contributed by atoms with Gasteiger partial charge in [-0.15, -0.1) is 12.8 Å². The second-order valence-electron chi connectivity index (χ2n) is 9.84. The van der Waals surface area contributed by atoms with Crippen LogP contribution in [0.2, 0.25) is 0 Å². The Morgan fingerprint density at radius 2 is 0.933 bits per heavy atom. The first-order valence-corrected chi connectivity index (χ1v) is 12.9. The van der Waals surface area contributed by atoms with E-state index in [9.17, 15) is 39.0 Å². The van der Waals surface area contributed by atoms with Crippen molar-refractivity contribution in [2.45, 2.75) is 0 Å². The van der Waals surface area contributed by atoms with Crippen LogP contribution >= 0.6 is 0 Å². The van der Waals surface area contributed by atoms with Crippen LogP contribution in [0.1, 0.15) is 73.3 Å². The van der Waals surface area contributed by atoms with Crippen LogP contribution in [0.25, 0.3) is 0 Å². The Morgan fingerprint density at radius 3 is 1.29 bits per heavy atom. The van der Waals surface area contributed by atoms with Gasteiger partial charge >= 0.3 is 11.9 Å². The zero-order valence-electron chi connectivity index (χ0n) is 22.7. The molecule has 0 atom stereocenters. The number of rotatable bonds is 6. The number of carboxylic acids is 2. The highest BCUT2D eigenvalue weighted by atomic mass is 16.5. The monoisotopic (exact) mass is 596 g/mol. The summed E-state index contributed by atoms with van der Waals surface area (Å²) in [5.41, 5.74) is -0.00270. The van der Waals surface area contributed by atoms with Gasteiger partial charge < -0.3 is 14.9 Å². The second kappa shape index (κ2) is 10.4. The van der Waals surface area contributed by atoms with Crippen molar-refractivity contribution < 1.29 is 43.7 Å². The van der Waals surface area contributed by atoms with Gasteiger partial charge in [0.05, 0.1) is 44.8 Å². The summed E-state index contributed by atoms with van der Waals surface area (Å²) in [6.45, 7) is 0. The molecule has 0 aromatic heterocycles. The molecule has 11 heteroatoms. The van der Waals surface area contributed by atoms with Crippen molar-refractivity contribution >= 4 is 46.9 Å². The number of amides is 4. The highest BCUT2D eigenvalue weighted by Crippen LogP contribution is 2.36. The van der Waals surface area contributed by atoms with E-state index in [-0.39, 0.29) is 67.4 Å². The molecule has 0 bridgehead atoms. The Bertz CT molecular complexity index is 2010. The molecule has 6 rings (SSSR count). The lowest BCUT2D eigenvalue weighted by molar-refractivity contribution is 0.0686. The highest BCUT2D eigenvalue weighted by Gasteiger charge is 2.39. The zero-order valence-corrected chi connectivity index (χ0v) is 22.7. The third kappa shape index (κ3) is 4.63. The predicted molar refractivity (Wildman–Crippen MR) is 158 cm³/mol. The molecule has 0 aliphatic carbocycles. The smallest absolute Gasteiger partial charge is 0.335 e. The number of ether oxygens (including phenoxy) is 1. The van der Waals surface area contributed by atoms with Gasteiger partial charge in [-0.05, 0) is 72.8 Å². The lowest BCUT2D eigenvalue weighted by atomic mass is 10.1. The molecule has 4 aromatic rings. The van der Waals surface area contributed by atoms with Crippen LogP contribution in [-0.2, 0) is 0 Å². The van der Waals surface area contributed by atoms with Gasteiger partial charge in [0, 0.05) is 11.1 Å². The standard InChI is InChI=1S/C34H16N2O9/c1-3-17-9-19(33(41)42)13-21(11-17)35-29(37)25-7-5-23(15-27(25)31(35)39)45-24-6-8-26-28(16-24)32(40)36(30(26)38)22-12-18(4-2)10-20(14-22)34(43)44/h1-2,5-16H,(H,41,42)(H,43,44). The number of benzene rings is 4. The van der Waals surface area contributed by atoms with E-state index in [2.05, 4.69) is 11.8 Å². The maximum atomic E-state index is 13.3. The normalized spacial score (nSPS) is 13.3. The molecule has 2 heterocycles. The zero-order chi connectivity index (χ0) is 32.2. The van der Waals surface area contributed by atoms with Crippen molar-refractivity contribution in [2.24, 2.45) is 0 Å². The highest BCUT2D eigenvalue weighted by molar-refractivity contribution is 6.35. The predicted octanol–water partition coefficient (Wildman–Crippen LogP) is 4.44. The largest absolute Gasteiger partial charge is 0.478 e. The quantitative estimate of drug-likeness (QED) is 0.242. The minimum absolute atomic E-state index is 0.00821. The number of hydrogen-bond acceptors (Lipinski definition) is 7. The van der Waals surface area contributed by atoms with Gasteiger partial charge in [-0.2, -0.15) is 0 Å². The lowest BCUT2D eigenvalue weighted by Gasteiger charge is -2.15. The Kier molecular flexibility index (Phi) is 6.50. The van der Waals surface area contributed by atoms with Crippen LogP contribution in [0.3, 0.4) is 0 Å². The molecule has 2 N–H and O–H groups in total. The SMILES string of the molecule is C#Cc1cc(C(=O)O)cc(N2C(=O)c3ccc(Oc4ccc5c(c4)C(=O)N(c4cc(C#C)cc(C(=O)O)c4)C5=O)cc3C2=O)c1. The van der Waals surface area contributed by atoms with Gasteiger partial charge in [-0.1, -0.05) is 11.8 Å². The van der Waals surface area contributed by atoms with Gasteiger partial charge in [0.15, 0.2) is 0 Å². The first-order chi connectivity index (χ1) is 21.5. The van der Waals surface area contributed by atoms with Gasteiger partial charge in [-0.3, -0.25) is 19.2 Å². The van der Waals surface area contributed by atoms with Crippen molar-refractivity contribution in [3.8, 4) is 36.2 Å². The summed E-state index contributed by atoms with van der Waals surface area (Å²) >= 11 is 0.